The highest BCUT2D eigenvalue weighted by molar-refractivity contribution is 6.20. The average Bonchev–Trinajstić information content (AvgIpc) is 3.60. The molecule has 0 spiro atoms. The third-order valence-electron chi connectivity index (χ3n) is 6.60. The fourth-order valence-electron chi connectivity index (χ4n) is 4.98. The molecule has 0 saturated carbocycles. The number of nitrogens with zero attached hydrogens (tertiary/aromatic N) is 5. The molecule has 35 heavy (non-hydrogen) atoms. The summed E-state index contributed by atoms with van der Waals surface area (Å²) in [5.41, 5.74) is 2.31. The van der Waals surface area contributed by atoms with E-state index in [-0.39, 0.29) is 30.3 Å². The molecule has 4 aliphatic heterocycles. The van der Waals surface area contributed by atoms with Gasteiger partial charge in [0.1, 0.15) is 29.4 Å². The van der Waals surface area contributed by atoms with Gasteiger partial charge in [0.25, 0.3) is 5.91 Å². The summed E-state index contributed by atoms with van der Waals surface area (Å²) in [5.74, 6) is 0.608. The maximum atomic E-state index is 13.1. The van der Waals surface area contributed by atoms with Crippen LogP contribution in [0.2, 0.25) is 0 Å². The summed E-state index contributed by atoms with van der Waals surface area (Å²) in [7, 11) is 1.52. The third kappa shape index (κ3) is 3.50. The number of likely N-dealkylation sites (tertiary alicyclic amines) is 1. The standard InChI is InChI=1S/C24H22N6O5/c1-34-20-13(9-18(31)30-12-15-10-17(30)23(33)35-15)4-5-16-19(20)27-24(29-8-7-26-21(16)29)28-22(32)14-3-2-6-25-11-14/h2-6,11,15,17H,7-10,12H2,1H3,(H,27,28,32)/t15-,17-/m1/s1. The van der Waals surface area contributed by atoms with Gasteiger partial charge in [-0.1, -0.05) is 6.07 Å². The Kier molecular flexibility index (Phi) is 4.97. The number of methoxy groups -OCH3 is 1. The lowest BCUT2D eigenvalue weighted by atomic mass is 10.0. The van der Waals surface area contributed by atoms with Crippen LogP contribution in [0.1, 0.15) is 27.9 Å². The second-order valence-corrected chi connectivity index (χ2v) is 8.68. The molecule has 0 radical (unpaired) electrons. The molecule has 11 nitrogen and oxygen atoms in total. The van der Waals surface area contributed by atoms with Gasteiger partial charge in [-0.2, -0.15) is 0 Å². The monoisotopic (exact) mass is 474 g/mol. The molecular weight excluding hydrogens is 452 g/mol. The fourth-order valence-corrected chi connectivity index (χ4v) is 4.98. The van der Waals surface area contributed by atoms with Crippen molar-refractivity contribution >= 4 is 35.3 Å². The molecule has 1 N–H and O–H groups in total. The molecule has 1 aromatic heterocycles. The van der Waals surface area contributed by atoms with E-state index in [0.29, 0.717) is 60.4 Å². The van der Waals surface area contributed by atoms with E-state index in [1.165, 1.54) is 13.3 Å². The number of fused-ring (bicyclic) bond motifs is 5. The van der Waals surface area contributed by atoms with Gasteiger partial charge in [-0.05, 0) is 18.2 Å². The van der Waals surface area contributed by atoms with E-state index in [2.05, 4.69) is 15.3 Å². The number of morpholine rings is 1. The van der Waals surface area contributed by atoms with Gasteiger partial charge < -0.3 is 14.4 Å². The Bertz CT molecular complexity index is 1310. The van der Waals surface area contributed by atoms with E-state index in [4.69, 9.17) is 14.5 Å². The first-order valence-corrected chi connectivity index (χ1v) is 11.4. The highest BCUT2D eigenvalue weighted by atomic mass is 16.6. The van der Waals surface area contributed by atoms with Crippen molar-refractivity contribution in [2.75, 3.05) is 26.7 Å². The number of carbonyl (C=O) groups is 3. The van der Waals surface area contributed by atoms with Crippen LogP contribution in [0.3, 0.4) is 0 Å². The number of nitrogens with one attached hydrogen (secondary N) is 1. The maximum absolute atomic E-state index is 13.1. The number of benzene rings is 1. The van der Waals surface area contributed by atoms with Crippen molar-refractivity contribution in [3.8, 4) is 5.75 Å². The lowest BCUT2D eigenvalue weighted by Gasteiger charge is -2.29. The Balaban J connectivity index is 1.32. The number of guanidine groups is 1. The zero-order chi connectivity index (χ0) is 24.1. The first-order valence-electron chi connectivity index (χ1n) is 11.4. The molecule has 4 aliphatic rings. The van der Waals surface area contributed by atoms with Gasteiger partial charge in [-0.15, -0.1) is 0 Å². The average molecular weight is 474 g/mol. The van der Waals surface area contributed by atoms with Gasteiger partial charge in [0, 0.05) is 36.5 Å². The van der Waals surface area contributed by atoms with Crippen LogP contribution in [0.4, 0.5) is 5.69 Å². The topological polar surface area (TPSA) is 126 Å². The predicted octanol–water partition coefficient (Wildman–Crippen LogP) is 0.652. The highest BCUT2D eigenvalue weighted by Gasteiger charge is 2.48. The lowest BCUT2D eigenvalue weighted by Crippen LogP contribution is -2.47. The van der Waals surface area contributed by atoms with Crippen molar-refractivity contribution in [1.82, 2.24) is 20.1 Å². The number of hydrogen-bond acceptors (Lipinski definition) is 9. The summed E-state index contributed by atoms with van der Waals surface area (Å²) in [6, 6.07) is 6.54. The van der Waals surface area contributed by atoms with E-state index in [0.717, 1.165) is 5.56 Å². The van der Waals surface area contributed by atoms with Gasteiger partial charge in [-0.3, -0.25) is 29.8 Å². The van der Waals surface area contributed by atoms with Crippen molar-refractivity contribution in [3.05, 3.63) is 53.3 Å². The molecular formula is C24H22N6O5. The first kappa shape index (κ1) is 21.3. The Morgan fingerprint density at radius 2 is 2.17 bits per heavy atom. The number of amides is 2. The number of carbonyl (C=O) groups excluding carboxylic acids is 3. The molecule has 2 saturated heterocycles. The lowest BCUT2D eigenvalue weighted by molar-refractivity contribution is -0.156. The van der Waals surface area contributed by atoms with Crippen molar-refractivity contribution in [3.63, 3.8) is 0 Å². The Hall–Kier alpha value is -4.28. The van der Waals surface area contributed by atoms with Crippen LogP contribution < -0.4 is 10.1 Å². The summed E-state index contributed by atoms with van der Waals surface area (Å²) in [5, 5.41) is 2.86. The largest absolute Gasteiger partial charge is 0.494 e. The molecule has 178 valence electrons. The zero-order valence-corrected chi connectivity index (χ0v) is 18.9. The summed E-state index contributed by atoms with van der Waals surface area (Å²) < 4.78 is 10.9. The summed E-state index contributed by atoms with van der Waals surface area (Å²) in [6.07, 6.45) is 3.46. The van der Waals surface area contributed by atoms with Crippen LogP contribution in [-0.2, 0) is 20.7 Å². The molecule has 0 aliphatic carbocycles. The van der Waals surface area contributed by atoms with E-state index >= 15 is 0 Å². The van der Waals surface area contributed by atoms with E-state index in [9.17, 15) is 14.4 Å². The molecule has 5 heterocycles. The first-order chi connectivity index (χ1) is 17.0. The highest BCUT2D eigenvalue weighted by Crippen LogP contribution is 2.40. The number of aromatic nitrogens is 1. The van der Waals surface area contributed by atoms with Crippen molar-refractivity contribution in [2.24, 2.45) is 9.98 Å². The molecule has 2 amide bonds. The van der Waals surface area contributed by atoms with Crippen LogP contribution in [-0.4, -0.2) is 83.3 Å². The van der Waals surface area contributed by atoms with E-state index in [1.54, 1.807) is 23.2 Å². The predicted molar refractivity (Wildman–Crippen MR) is 124 cm³/mol. The number of hydrogen-bond donors (Lipinski definition) is 1. The fraction of sp³-hybridized carbons (Fsp3) is 0.333. The maximum Gasteiger partial charge on any atom is 0.329 e. The molecule has 2 atom stereocenters. The molecule has 11 heteroatoms. The van der Waals surface area contributed by atoms with Crippen LogP contribution in [0, 0.1) is 0 Å². The van der Waals surface area contributed by atoms with Crippen LogP contribution >= 0.6 is 0 Å². The van der Waals surface area contributed by atoms with Crippen molar-refractivity contribution in [1.29, 1.82) is 0 Å². The third-order valence-corrected chi connectivity index (χ3v) is 6.60. The number of pyridine rings is 1. The minimum atomic E-state index is -0.509. The van der Waals surface area contributed by atoms with Gasteiger partial charge in [0.15, 0.2) is 0 Å². The Morgan fingerprint density at radius 1 is 1.29 bits per heavy atom. The second kappa shape index (κ2) is 8.19. The summed E-state index contributed by atoms with van der Waals surface area (Å²) in [6.45, 7) is 1.56. The normalized spacial score (nSPS) is 21.7. The SMILES string of the molecule is COc1c(CC(=O)N2C[C@H]3C[C@@H]2C(=O)O3)ccc2c1N=C(NC(=O)c1cccnc1)N1CCN=C21. The quantitative estimate of drug-likeness (QED) is 0.645. The Morgan fingerprint density at radius 3 is 2.91 bits per heavy atom. The summed E-state index contributed by atoms with van der Waals surface area (Å²) >= 11 is 0. The van der Waals surface area contributed by atoms with E-state index in [1.807, 2.05) is 17.0 Å². The molecule has 0 unspecified atom stereocenters. The molecule has 1 aromatic carbocycles. The zero-order valence-electron chi connectivity index (χ0n) is 18.9. The van der Waals surface area contributed by atoms with E-state index < -0.39 is 6.04 Å². The van der Waals surface area contributed by atoms with Crippen molar-refractivity contribution in [2.45, 2.75) is 25.0 Å². The smallest absolute Gasteiger partial charge is 0.329 e. The van der Waals surface area contributed by atoms with Gasteiger partial charge in [0.05, 0.1) is 32.2 Å². The molecule has 2 aromatic rings. The number of esters is 1. The van der Waals surface area contributed by atoms with Crippen LogP contribution in [0.5, 0.6) is 5.75 Å². The molecule has 6 rings (SSSR count). The number of rotatable bonds is 4. The summed E-state index contributed by atoms with van der Waals surface area (Å²) in [4.78, 5) is 54.6. The number of amidine groups is 1. The van der Waals surface area contributed by atoms with Gasteiger partial charge in [-0.25, -0.2) is 9.79 Å². The molecule has 2 bridgehead atoms. The van der Waals surface area contributed by atoms with Gasteiger partial charge >= 0.3 is 5.97 Å². The minimum Gasteiger partial charge on any atom is -0.494 e. The number of ether oxygens (including phenoxy) is 2. The number of aliphatic imine (C=N–C) groups is 2. The van der Waals surface area contributed by atoms with Crippen LogP contribution in [0.25, 0.3) is 0 Å². The van der Waals surface area contributed by atoms with Crippen molar-refractivity contribution < 1.29 is 23.9 Å². The minimum absolute atomic E-state index is 0.0516. The second-order valence-electron chi connectivity index (χ2n) is 8.68. The Labute approximate surface area is 200 Å². The van der Waals surface area contributed by atoms with Gasteiger partial charge in [0.2, 0.25) is 11.9 Å². The molecule has 2 fully saturated rings. The van der Waals surface area contributed by atoms with Crippen LogP contribution in [0.15, 0.2) is 46.6 Å².